The summed E-state index contributed by atoms with van der Waals surface area (Å²) in [7, 11) is 0. The van der Waals surface area contributed by atoms with E-state index in [1.165, 1.54) is 5.39 Å². The van der Waals surface area contributed by atoms with Gasteiger partial charge in [0, 0.05) is 0 Å². The summed E-state index contributed by atoms with van der Waals surface area (Å²) in [6.45, 7) is 0. The van der Waals surface area contributed by atoms with Gasteiger partial charge in [0.1, 0.15) is 4.49 Å². The van der Waals surface area contributed by atoms with Gasteiger partial charge in [-0.2, -0.15) is 0 Å². The molecule has 0 aliphatic heterocycles. The van der Waals surface area contributed by atoms with Gasteiger partial charge in [-0.05, 0) is 28.5 Å². The van der Waals surface area contributed by atoms with Crippen LogP contribution in [-0.2, 0) is 0 Å². The monoisotopic (exact) mass is 270 g/mol. The molecule has 0 amide bonds. The van der Waals surface area contributed by atoms with Crippen LogP contribution in [0.15, 0.2) is 53.0 Å². The van der Waals surface area contributed by atoms with E-state index in [1.54, 1.807) is 6.08 Å². The van der Waals surface area contributed by atoms with Crippen molar-refractivity contribution in [1.29, 1.82) is 0 Å². The van der Waals surface area contributed by atoms with Gasteiger partial charge in [0.05, 0.1) is 5.38 Å². The van der Waals surface area contributed by atoms with Crippen molar-refractivity contribution in [2.24, 2.45) is 0 Å². The number of alkyl halides is 1. The van der Waals surface area contributed by atoms with Gasteiger partial charge < -0.3 is 0 Å². The molecule has 0 N–H and O–H groups in total. The topological polar surface area (TPSA) is 0 Å². The van der Waals surface area contributed by atoms with Crippen molar-refractivity contribution in [3.63, 3.8) is 0 Å². The number of fused-ring (bicyclic) bond motifs is 1. The molecular formula is C13H9Cl3. The number of hydrogen-bond donors (Lipinski definition) is 0. The molecule has 0 saturated heterocycles. The minimum atomic E-state index is -0.297. The molecule has 3 heteroatoms. The number of hydrogen-bond acceptors (Lipinski definition) is 0. The Morgan fingerprint density at radius 2 is 1.69 bits per heavy atom. The zero-order valence-electron chi connectivity index (χ0n) is 8.33. The molecule has 82 valence electrons. The Morgan fingerprint density at radius 3 is 2.38 bits per heavy atom. The fraction of sp³-hybridized carbons (Fsp3) is 0.0769. The third-order valence-corrected chi connectivity index (χ3v) is 2.99. The molecule has 0 fully saturated rings. The normalized spacial score (nSPS) is 12.4. The molecule has 1 atom stereocenters. The number of halogens is 3. The molecule has 0 nitrogen and oxygen atoms in total. The second-order valence-electron chi connectivity index (χ2n) is 3.46. The summed E-state index contributed by atoms with van der Waals surface area (Å²) in [5.41, 5.74) is 0.985. The van der Waals surface area contributed by atoms with Crippen molar-refractivity contribution >= 4 is 45.6 Å². The maximum Gasteiger partial charge on any atom is 0.104 e. The Labute approximate surface area is 109 Å². The highest BCUT2D eigenvalue weighted by molar-refractivity contribution is 6.56. The standard InChI is InChI=1S/C13H9Cl3/c14-12(8-13(15)16)11-6-5-9-3-1-2-4-10(9)7-11/h1-8,12H. The first kappa shape index (κ1) is 11.8. The molecule has 0 aliphatic carbocycles. The van der Waals surface area contributed by atoms with Crippen molar-refractivity contribution in [1.82, 2.24) is 0 Å². The summed E-state index contributed by atoms with van der Waals surface area (Å²) in [6.07, 6.45) is 1.61. The van der Waals surface area contributed by atoms with Crippen LogP contribution in [0, 0.1) is 0 Å². The molecule has 0 radical (unpaired) electrons. The Balaban J connectivity index is 2.43. The molecule has 0 heterocycles. The van der Waals surface area contributed by atoms with Gasteiger partial charge in [-0.3, -0.25) is 0 Å². The van der Waals surface area contributed by atoms with Crippen LogP contribution in [0.2, 0.25) is 0 Å². The lowest BCUT2D eigenvalue weighted by molar-refractivity contribution is 1.22. The first-order valence-electron chi connectivity index (χ1n) is 4.82. The third-order valence-electron chi connectivity index (χ3n) is 2.36. The van der Waals surface area contributed by atoms with Crippen LogP contribution >= 0.6 is 34.8 Å². The number of benzene rings is 2. The maximum atomic E-state index is 6.16. The molecule has 2 rings (SSSR count). The van der Waals surface area contributed by atoms with Gasteiger partial charge in [-0.1, -0.05) is 59.6 Å². The second-order valence-corrected chi connectivity index (χ2v) is 4.94. The highest BCUT2D eigenvalue weighted by Gasteiger charge is 2.05. The summed E-state index contributed by atoms with van der Waals surface area (Å²) in [6, 6.07) is 14.2. The molecule has 0 aromatic heterocycles. The van der Waals surface area contributed by atoms with Gasteiger partial charge in [0.15, 0.2) is 0 Å². The van der Waals surface area contributed by atoms with Gasteiger partial charge >= 0.3 is 0 Å². The predicted octanol–water partition coefficient (Wildman–Crippen LogP) is 5.44. The smallest absolute Gasteiger partial charge is 0.104 e. The van der Waals surface area contributed by atoms with Crippen LogP contribution in [0.3, 0.4) is 0 Å². The molecule has 0 saturated carbocycles. The van der Waals surface area contributed by atoms with E-state index < -0.39 is 0 Å². The van der Waals surface area contributed by atoms with Crippen LogP contribution in [0.5, 0.6) is 0 Å². The minimum Gasteiger partial charge on any atom is -0.113 e. The largest absolute Gasteiger partial charge is 0.113 e. The van der Waals surface area contributed by atoms with Crippen LogP contribution < -0.4 is 0 Å². The van der Waals surface area contributed by atoms with Crippen molar-refractivity contribution in [3.8, 4) is 0 Å². The average molecular weight is 272 g/mol. The van der Waals surface area contributed by atoms with Crippen molar-refractivity contribution < 1.29 is 0 Å². The van der Waals surface area contributed by atoms with E-state index in [1.807, 2.05) is 30.3 Å². The highest BCUT2D eigenvalue weighted by atomic mass is 35.5. The van der Waals surface area contributed by atoms with E-state index >= 15 is 0 Å². The van der Waals surface area contributed by atoms with Crippen molar-refractivity contribution in [2.45, 2.75) is 5.38 Å². The van der Waals surface area contributed by atoms with E-state index in [4.69, 9.17) is 34.8 Å². The summed E-state index contributed by atoms with van der Waals surface area (Å²) in [5.74, 6) is 0. The van der Waals surface area contributed by atoms with Crippen molar-refractivity contribution in [3.05, 3.63) is 58.6 Å². The lowest BCUT2D eigenvalue weighted by atomic mass is 10.1. The summed E-state index contributed by atoms with van der Waals surface area (Å²) >= 11 is 17.3. The molecule has 2 aromatic carbocycles. The molecule has 2 aromatic rings. The van der Waals surface area contributed by atoms with E-state index in [9.17, 15) is 0 Å². The maximum absolute atomic E-state index is 6.16. The average Bonchev–Trinajstić information content (AvgIpc) is 2.27. The second kappa shape index (κ2) is 5.09. The SMILES string of the molecule is ClC(Cl)=CC(Cl)c1ccc2ccccc2c1. The Bertz CT molecular complexity index is 527. The van der Waals surface area contributed by atoms with E-state index in [0.717, 1.165) is 10.9 Å². The fourth-order valence-electron chi connectivity index (χ4n) is 1.59. The first-order chi connectivity index (χ1) is 7.66. The molecule has 16 heavy (non-hydrogen) atoms. The minimum absolute atomic E-state index is 0.188. The van der Waals surface area contributed by atoms with E-state index in [2.05, 4.69) is 12.1 Å². The van der Waals surface area contributed by atoms with E-state index in [0.29, 0.717) is 0 Å². The Kier molecular flexibility index (Phi) is 3.75. The fourth-order valence-corrected chi connectivity index (χ4v) is 2.23. The Hall–Kier alpha value is -0.690. The van der Waals surface area contributed by atoms with Crippen LogP contribution in [0.1, 0.15) is 10.9 Å². The quantitative estimate of drug-likeness (QED) is 0.638. The van der Waals surface area contributed by atoms with E-state index in [-0.39, 0.29) is 9.87 Å². The lowest BCUT2D eigenvalue weighted by Crippen LogP contribution is -1.86. The van der Waals surface area contributed by atoms with Crippen molar-refractivity contribution in [2.75, 3.05) is 0 Å². The Morgan fingerprint density at radius 1 is 1.00 bits per heavy atom. The zero-order chi connectivity index (χ0) is 11.5. The van der Waals surface area contributed by atoms with Gasteiger partial charge in [0.2, 0.25) is 0 Å². The third kappa shape index (κ3) is 2.70. The molecule has 0 bridgehead atoms. The van der Waals surface area contributed by atoms with Gasteiger partial charge in [-0.25, -0.2) is 0 Å². The predicted molar refractivity (Wildman–Crippen MR) is 72.3 cm³/mol. The van der Waals surface area contributed by atoms with Gasteiger partial charge in [0.25, 0.3) is 0 Å². The molecule has 0 spiro atoms. The molecular weight excluding hydrogens is 263 g/mol. The van der Waals surface area contributed by atoms with Crippen LogP contribution in [0.25, 0.3) is 10.8 Å². The zero-order valence-corrected chi connectivity index (χ0v) is 10.6. The summed E-state index contributed by atoms with van der Waals surface area (Å²) in [5, 5.41) is 2.05. The molecule has 0 aliphatic rings. The number of allylic oxidation sites excluding steroid dienone is 1. The molecule has 1 unspecified atom stereocenters. The van der Waals surface area contributed by atoms with Gasteiger partial charge in [-0.15, -0.1) is 11.6 Å². The van der Waals surface area contributed by atoms with Crippen LogP contribution in [0.4, 0.5) is 0 Å². The summed E-state index contributed by atoms with van der Waals surface area (Å²) in [4.78, 5) is 0. The lowest BCUT2D eigenvalue weighted by Gasteiger charge is -2.06. The number of rotatable bonds is 2. The first-order valence-corrected chi connectivity index (χ1v) is 6.01. The van der Waals surface area contributed by atoms with Crippen LogP contribution in [-0.4, -0.2) is 0 Å². The highest BCUT2D eigenvalue weighted by Crippen LogP contribution is 2.28. The summed E-state index contributed by atoms with van der Waals surface area (Å²) < 4.78 is 0.188.